The molecular weight excluding hydrogens is 350 g/mol. The molecule has 1 aromatic heterocycles. The van der Waals surface area contributed by atoms with Gasteiger partial charge in [0.2, 0.25) is 0 Å². The number of nitrogens with one attached hydrogen (secondary N) is 2. The zero-order chi connectivity index (χ0) is 17.3. The fourth-order valence-electron chi connectivity index (χ4n) is 2.69. The fourth-order valence-corrected chi connectivity index (χ4v) is 4.04. The number of aromatic amines is 1. The van der Waals surface area contributed by atoms with E-state index in [1.807, 2.05) is 0 Å². The second-order valence-corrected chi connectivity index (χ2v) is 7.93. The molecule has 128 valence electrons. The highest BCUT2D eigenvalue weighted by molar-refractivity contribution is 7.92. The van der Waals surface area contributed by atoms with Gasteiger partial charge in [0.1, 0.15) is 10.6 Å². The molecule has 2 aromatic rings. The summed E-state index contributed by atoms with van der Waals surface area (Å²) in [6.07, 6.45) is 3.29. The van der Waals surface area contributed by atoms with Crippen LogP contribution in [0.15, 0.2) is 35.4 Å². The molecule has 0 aliphatic carbocycles. The number of aryl methyl sites for hydroxylation is 1. The molecule has 1 aliphatic heterocycles. The molecule has 0 atom stereocenters. The van der Waals surface area contributed by atoms with Crippen LogP contribution in [0.1, 0.15) is 28.9 Å². The van der Waals surface area contributed by atoms with Crippen LogP contribution in [-0.2, 0) is 10.0 Å². The molecule has 0 unspecified atom stereocenters. The van der Waals surface area contributed by atoms with Gasteiger partial charge in [-0.25, -0.2) is 8.42 Å². The lowest BCUT2D eigenvalue weighted by molar-refractivity contribution is 0.0787. The molecule has 0 spiro atoms. The molecule has 1 fully saturated rings. The predicted octanol–water partition coefficient (Wildman–Crippen LogP) is 3.01. The molecule has 1 amide bonds. The molecule has 2 N–H and O–H groups in total. The van der Waals surface area contributed by atoms with Crippen molar-refractivity contribution in [1.82, 2.24) is 9.88 Å². The van der Waals surface area contributed by atoms with Crippen molar-refractivity contribution in [2.75, 3.05) is 17.8 Å². The van der Waals surface area contributed by atoms with E-state index in [1.165, 1.54) is 12.3 Å². The first-order valence-electron chi connectivity index (χ1n) is 7.63. The number of amides is 1. The van der Waals surface area contributed by atoms with Crippen molar-refractivity contribution in [3.63, 3.8) is 0 Å². The number of anilines is 1. The Labute approximate surface area is 145 Å². The van der Waals surface area contributed by atoms with E-state index in [0.29, 0.717) is 23.8 Å². The third-order valence-electron chi connectivity index (χ3n) is 4.02. The van der Waals surface area contributed by atoms with Crippen molar-refractivity contribution < 1.29 is 13.2 Å². The molecule has 1 aromatic carbocycles. The number of likely N-dealkylation sites (tertiary alicyclic amines) is 1. The van der Waals surface area contributed by atoms with Gasteiger partial charge in [0, 0.05) is 24.3 Å². The smallest absolute Gasteiger partial charge is 0.270 e. The molecule has 1 aliphatic rings. The molecule has 8 heteroatoms. The average molecular weight is 368 g/mol. The van der Waals surface area contributed by atoms with Crippen molar-refractivity contribution in [3.05, 3.63) is 46.7 Å². The Morgan fingerprint density at radius 3 is 2.62 bits per heavy atom. The summed E-state index contributed by atoms with van der Waals surface area (Å²) in [5.74, 6) is -0.170. The first-order valence-corrected chi connectivity index (χ1v) is 9.49. The second kappa shape index (κ2) is 6.49. The Kier molecular flexibility index (Phi) is 4.56. The van der Waals surface area contributed by atoms with Crippen molar-refractivity contribution >= 4 is 33.2 Å². The van der Waals surface area contributed by atoms with Gasteiger partial charge in [-0.15, -0.1) is 0 Å². The molecule has 0 radical (unpaired) electrons. The van der Waals surface area contributed by atoms with Gasteiger partial charge in [-0.2, -0.15) is 0 Å². The zero-order valence-corrected chi connectivity index (χ0v) is 14.7. The molecular formula is C16H18ClN3O3S. The van der Waals surface area contributed by atoms with Gasteiger partial charge in [0.05, 0.1) is 5.69 Å². The van der Waals surface area contributed by atoms with E-state index >= 15 is 0 Å². The molecule has 24 heavy (non-hydrogen) atoms. The SMILES string of the molecule is Cc1cc(Cl)ccc1NS(=O)(=O)c1c[nH]c(C(=O)N2CCCC2)c1. The van der Waals surface area contributed by atoms with E-state index in [1.54, 1.807) is 30.0 Å². The van der Waals surface area contributed by atoms with Crippen LogP contribution in [0.2, 0.25) is 5.02 Å². The molecule has 6 nitrogen and oxygen atoms in total. The topological polar surface area (TPSA) is 82.3 Å². The summed E-state index contributed by atoms with van der Waals surface area (Å²) in [6.45, 7) is 3.19. The van der Waals surface area contributed by atoms with E-state index in [4.69, 9.17) is 11.6 Å². The van der Waals surface area contributed by atoms with Crippen LogP contribution >= 0.6 is 11.6 Å². The molecule has 1 saturated heterocycles. The highest BCUT2D eigenvalue weighted by Gasteiger charge is 2.24. The van der Waals surface area contributed by atoms with Gasteiger partial charge < -0.3 is 9.88 Å². The lowest BCUT2D eigenvalue weighted by Gasteiger charge is -2.13. The van der Waals surface area contributed by atoms with E-state index < -0.39 is 10.0 Å². The van der Waals surface area contributed by atoms with Crippen LogP contribution < -0.4 is 4.72 Å². The summed E-state index contributed by atoms with van der Waals surface area (Å²) < 4.78 is 27.5. The van der Waals surface area contributed by atoms with Gasteiger partial charge in [-0.1, -0.05) is 11.6 Å². The minimum absolute atomic E-state index is 0.0272. The maximum atomic E-state index is 12.5. The summed E-state index contributed by atoms with van der Waals surface area (Å²) in [4.78, 5) is 16.8. The fraction of sp³-hybridized carbons (Fsp3) is 0.312. The standard InChI is InChI=1S/C16H18ClN3O3S/c1-11-8-12(17)4-5-14(11)19-24(22,23)13-9-15(18-10-13)16(21)20-6-2-3-7-20/h4-5,8-10,18-19H,2-3,6-7H2,1H3. The average Bonchev–Trinajstić information content (AvgIpc) is 3.20. The first kappa shape index (κ1) is 16.9. The van der Waals surface area contributed by atoms with Gasteiger partial charge in [-0.3, -0.25) is 9.52 Å². The van der Waals surface area contributed by atoms with Crippen LogP contribution in [-0.4, -0.2) is 37.3 Å². The van der Waals surface area contributed by atoms with Gasteiger partial charge >= 0.3 is 0 Å². The summed E-state index contributed by atoms with van der Waals surface area (Å²) in [6, 6.07) is 6.27. The Bertz CT molecular complexity index is 870. The summed E-state index contributed by atoms with van der Waals surface area (Å²) in [7, 11) is -3.78. The number of rotatable bonds is 4. The maximum Gasteiger partial charge on any atom is 0.270 e. The van der Waals surface area contributed by atoms with Crippen LogP contribution in [0, 0.1) is 6.92 Å². The Morgan fingerprint density at radius 2 is 1.96 bits per heavy atom. The number of nitrogens with zero attached hydrogens (tertiary/aromatic N) is 1. The Balaban J connectivity index is 1.81. The second-order valence-electron chi connectivity index (χ2n) is 5.81. The van der Waals surface area contributed by atoms with Crippen LogP contribution in [0.5, 0.6) is 0 Å². The summed E-state index contributed by atoms with van der Waals surface area (Å²) >= 11 is 5.88. The number of sulfonamides is 1. The molecule has 3 rings (SSSR count). The predicted molar refractivity (Wildman–Crippen MR) is 92.9 cm³/mol. The molecule has 0 bridgehead atoms. The summed E-state index contributed by atoms with van der Waals surface area (Å²) in [5.41, 5.74) is 1.45. The van der Waals surface area contributed by atoms with Crippen molar-refractivity contribution in [3.8, 4) is 0 Å². The van der Waals surface area contributed by atoms with Crippen molar-refractivity contribution in [2.45, 2.75) is 24.7 Å². The zero-order valence-electron chi connectivity index (χ0n) is 13.2. The molecule has 2 heterocycles. The lowest BCUT2D eigenvalue weighted by atomic mass is 10.2. The van der Waals surface area contributed by atoms with Crippen LogP contribution in [0.25, 0.3) is 0 Å². The third kappa shape index (κ3) is 3.42. The summed E-state index contributed by atoms with van der Waals surface area (Å²) in [5, 5.41) is 0.538. The molecule has 0 saturated carbocycles. The van der Waals surface area contributed by atoms with Crippen molar-refractivity contribution in [2.24, 2.45) is 0 Å². The third-order valence-corrected chi connectivity index (χ3v) is 5.60. The lowest BCUT2D eigenvalue weighted by Crippen LogP contribution is -2.27. The number of hydrogen-bond acceptors (Lipinski definition) is 3. The quantitative estimate of drug-likeness (QED) is 0.871. The monoisotopic (exact) mass is 367 g/mol. The maximum absolute atomic E-state index is 12.5. The van der Waals surface area contributed by atoms with Gasteiger partial charge in [0.25, 0.3) is 15.9 Å². The minimum atomic E-state index is -3.78. The normalized spacial score (nSPS) is 14.8. The number of aromatic nitrogens is 1. The number of H-pyrrole nitrogens is 1. The van der Waals surface area contributed by atoms with Gasteiger partial charge in [-0.05, 0) is 49.6 Å². The first-order chi connectivity index (χ1) is 11.4. The van der Waals surface area contributed by atoms with E-state index in [-0.39, 0.29) is 16.5 Å². The van der Waals surface area contributed by atoms with E-state index in [2.05, 4.69) is 9.71 Å². The number of carbonyl (C=O) groups excluding carboxylic acids is 1. The van der Waals surface area contributed by atoms with Crippen LogP contribution in [0.4, 0.5) is 5.69 Å². The Morgan fingerprint density at radius 1 is 1.25 bits per heavy atom. The number of hydrogen-bond donors (Lipinski definition) is 2. The number of benzene rings is 1. The minimum Gasteiger partial charge on any atom is -0.356 e. The highest BCUT2D eigenvalue weighted by atomic mass is 35.5. The Hall–Kier alpha value is -1.99. The van der Waals surface area contributed by atoms with Crippen LogP contribution in [0.3, 0.4) is 0 Å². The highest BCUT2D eigenvalue weighted by Crippen LogP contribution is 2.23. The van der Waals surface area contributed by atoms with E-state index in [0.717, 1.165) is 18.4 Å². The van der Waals surface area contributed by atoms with E-state index in [9.17, 15) is 13.2 Å². The van der Waals surface area contributed by atoms with Gasteiger partial charge in [0.15, 0.2) is 0 Å². The van der Waals surface area contributed by atoms with Crippen molar-refractivity contribution in [1.29, 1.82) is 0 Å². The number of carbonyl (C=O) groups is 1. The number of halogens is 1. The largest absolute Gasteiger partial charge is 0.356 e.